The predicted octanol–water partition coefficient (Wildman–Crippen LogP) is 4.59. The normalized spacial score (nSPS) is 12.0. The van der Waals surface area contributed by atoms with Crippen molar-refractivity contribution in [3.8, 4) is 0 Å². The molecule has 0 saturated heterocycles. The van der Waals surface area contributed by atoms with Crippen molar-refractivity contribution in [2.75, 3.05) is 17.1 Å². The van der Waals surface area contributed by atoms with Crippen molar-refractivity contribution in [1.29, 1.82) is 0 Å². The molecule has 0 atom stereocenters. The lowest BCUT2D eigenvalue weighted by Gasteiger charge is -2.24. The molecule has 0 aliphatic heterocycles. The fourth-order valence-corrected chi connectivity index (χ4v) is 4.13. The van der Waals surface area contributed by atoms with E-state index in [9.17, 15) is 26.4 Å². The minimum atomic E-state index is -4.69. The highest BCUT2D eigenvalue weighted by Gasteiger charge is 2.33. The van der Waals surface area contributed by atoms with Gasteiger partial charge in [-0.05, 0) is 40.6 Å². The first-order valence-corrected chi connectivity index (χ1v) is 11.3. The maximum Gasteiger partial charge on any atom is 0.416 e. The van der Waals surface area contributed by atoms with Gasteiger partial charge in [-0.25, -0.2) is 8.42 Å². The van der Waals surface area contributed by atoms with Gasteiger partial charge < -0.3 is 5.32 Å². The molecule has 0 bridgehead atoms. The van der Waals surface area contributed by atoms with E-state index in [-0.39, 0.29) is 11.6 Å². The van der Waals surface area contributed by atoms with Crippen LogP contribution in [0.15, 0.2) is 60.7 Å². The van der Waals surface area contributed by atoms with E-state index in [0.717, 1.165) is 34.7 Å². The molecule has 10 heteroatoms. The van der Waals surface area contributed by atoms with Gasteiger partial charge in [0.1, 0.15) is 6.54 Å². The van der Waals surface area contributed by atoms with Crippen LogP contribution in [0.2, 0.25) is 5.02 Å². The number of rotatable bonds is 6. The first-order valence-electron chi connectivity index (χ1n) is 9.04. The Labute approximate surface area is 182 Å². The highest BCUT2D eigenvalue weighted by Crippen LogP contribution is 2.36. The Morgan fingerprint density at radius 1 is 1.03 bits per heavy atom. The number of sulfonamides is 1. The number of nitrogens with one attached hydrogen (secondary N) is 1. The van der Waals surface area contributed by atoms with Crippen LogP contribution in [0.3, 0.4) is 0 Å². The summed E-state index contributed by atoms with van der Waals surface area (Å²) in [6.07, 6.45) is -3.90. The van der Waals surface area contributed by atoms with Crippen molar-refractivity contribution in [3.05, 3.63) is 76.8 Å². The Bertz CT molecular complexity index is 1230. The lowest BCUT2D eigenvalue weighted by Crippen LogP contribution is -2.40. The Kier molecular flexibility index (Phi) is 6.47. The minimum absolute atomic E-state index is 0.123. The number of fused-ring (bicyclic) bond motifs is 1. The van der Waals surface area contributed by atoms with Gasteiger partial charge in [0.05, 0.1) is 22.5 Å². The number of anilines is 1. The summed E-state index contributed by atoms with van der Waals surface area (Å²) in [5, 5.41) is 4.37. The fraction of sp³-hybridized carbons (Fsp3) is 0.190. The van der Waals surface area contributed by atoms with E-state index in [2.05, 4.69) is 5.32 Å². The third kappa shape index (κ3) is 5.68. The van der Waals surface area contributed by atoms with E-state index in [1.165, 1.54) is 0 Å². The number of amides is 1. The smallest absolute Gasteiger partial charge is 0.350 e. The molecule has 164 valence electrons. The molecular formula is C21H18ClF3N2O3S. The van der Waals surface area contributed by atoms with E-state index < -0.39 is 39.9 Å². The summed E-state index contributed by atoms with van der Waals surface area (Å²) in [5.41, 5.74) is -0.702. The van der Waals surface area contributed by atoms with Crippen LogP contribution in [-0.4, -0.2) is 27.1 Å². The van der Waals surface area contributed by atoms with Gasteiger partial charge in [0.15, 0.2) is 0 Å². The molecular weight excluding hydrogens is 453 g/mol. The molecule has 0 unspecified atom stereocenters. The minimum Gasteiger partial charge on any atom is -0.350 e. The molecule has 0 spiro atoms. The number of alkyl halides is 3. The van der Waals surface area contributed by atoms with Crippen molar-refractivity contribution < 1.29 is 26.4 Å². The van der Waals surface area contributed by atoms with Crippen LogP contribution in [-0.2, 0) is 27.5 Å². The van der Waals surface area contributed by atoms with Crippen LogP contribution in [0.4, 0.5) is 18.9 Å². The average molecular weight is 471 g/mol. The highest BCUT2D eigenvalue weighted by molar-refractivity contribution is 7.92. The Morgan fingerprint density at radius 2 is 1.71 bits per heavy atom. The van der Waals surface area contributed by atoms with Crippen LogP contribution < -0.4 is 9.62 Å². The van der Waals surface area contributed by atoms with Crippen LogP contribution in [0.25, 0.3) is 10.8 Å². The lowest BCUT2D eigenvalue weighted by atomic mass is 10.1. The number of hydrogen-bond donors (Lipinski definition) is 1. The average Bonchev–Trinajstić information content (AvgIpc) is 2.69. The third-order valence-electron chi connectivity index (χ3n) is 4.53. The molecule has 0 saturated carbocycles. The van der Waals surface area contributed by atoms with Crippen molar-refractivity contribution in [2.45, 2.75) is 12.7 Å². The monoisotopic (exact) mass is 470 g/mol. The molecule has 3 aromatic rings. The Hall–Kier alpha value is -2.78. The summed E-state index contributed by atoms with van der Waals surface area (Å²) < 4.78 is 64.1. The van der Waals surface area contributed by atoms with Crippen LogP contribution in [0, 0.1) is 0 Å². The molecule has 3 aromatic carbocycles. The summed E-state index contributed by atoms with van der Waals surface area (Å²) in [6.45, 7) is -0.592. The Morgan fingerprint density at radius 3 is 2.35 bits per heavy atom. The summed E-state index contributed by atoms with van der Waals surface area (Å²) in [7, 11) is -4.09. The number of carbonyl (C=O) groups excluding carboxylic acids is 1. The second kappa shape index (κ2) is 8.76. The summed E-state index contributed by atoms with van der Waals surface area (Å²) in [5.74, 6) is -0.688. The molecule has 0 radical (unpaired) electrons. The summed E-state index contributed by atoms with van der Waals surface area (Å²) in [6, 6.07) is 15.5. The van der Waals surface area contributed by atoms with Gasteiger partial charge in [-0.2, -0.15) is 13.2 Å². The predicted molar refractivity (Wildman–Crippen MR) is 114 cm³/mol. The SMILES string of the molecule is CS(=O)(=O)N(CC(=O)NCc1ccc2ccccc2c1)c1cc(C(F)(F)F)ccc1Cl. The maximum atomic E-state index is 13.1. The van der Waals surface area contributed by atoms with Gasteiger partial charge in [-0.3, -0.25) is 9.10 Å². The second-order valence-corrected chi connectivity index (χ2v) is 9.21. The van der Waals surface area contributed by atoms with Crippen LogP contribution >= 0.6 is 11.6 Å². The van der Waals surface area contributed by atoms with Gasteiger partial charge in [0.2, 0.25) is 15.9 Å². The van der Waals surface area contributed by atoms with Gasteiger partial charge in [0, 0.05) is 6.54 Å². The molecule has 31 heavy (non-hydrogen) atoms. The summed E-state index contributed by atoms with van der Waals surface area (Å²) in [4.78, 5) is 12.4. The number of benzene rings is 3. The molecule has 0 aliphatic carbocycles. The number of halogens is 4. The molecule has 0 heterocycles. The van der Waals surface area contributed by atoms with Crippen molar-refractivity contribution in [1.82, 2.24) is 5.32 Å². The molecule has 0 aromatic heterocycles. The number of nitrogens with zero attached hydrogens (tertiary/aromatic N) is 1. The maximum absolute atomic E-state index is 13.1. The zero-order valence-electron chi connectivity index (χ0n) is 16.3. The van der Waals surface area contributed by atoms with Gasteiger partial charge >= 0.3 is 6.18 Å². The highest BCUT2D eigenvalue weighted by atomic mass is 35.5. The van der Waals surface area contributed by atoms with E-state index >= 15 is 0 Å². The quantitative estimate of drug-likeness (QED) is 0.573. The molecule has 0 fully saturated rings. The van der Waals surface area contributed by atoms with Crippen molar-refractivity contribution >= 4 is 44.0 Å². The topological polar surface area (TPSA) is 66.5 Å². The lowest BCUT2D eigenvalue weighted by molar-refractivity contribution is -0.137. The van der Waals surface area contributed by atoms with Crippen LogP contribution in [0.1, 0.15) is 11.1 Å². The number of carbonyl (C=O) groups is 1. The second-order valence-electron chi connectivity index (χ2n) is 6.89. The van der Waals surface area contributed by atoms with Gasteiger partial charge in [0.25, 0.3) is 0 Å². The largest absolute Gasteiger partial charge is 0.416 e. The van der Waals surface area contributed by atoms with E-state index in [1.54, 1.807) is 0 Å². The van der Waals surface area contributed by atoms with E-state index in [4.69, 9.17) is 11.6 Å². The standard InChI is InChI=1S/C21H18ClF3N2O3S/c1-31(29,30)27(19-11-17(21(23,24)25)8-9-18(19)22)13-20(28)26-12-14-6-7-15-4-2-3-5-16(15)10-14/h2-11H,12-13H2,1H3,(H,26,28). The van der Waals surface area contributed by atoms with Gasteiger partial charge in [-0.15, -0.1) is 0 Å². The first kappa shape index (κ1) is 22.9. The molecule has 1 amide bonds. The van der Waals surface area contributed by atoms with Crippen molar-refractivity contribution in [3.63, 3.8) is 0 Å². The Balaban J connectivity index is 1.79. The third-order valence-corrected chi connectivity index (χ3v) is 5.98. The van der Waals surface area contributed by atoms with Crippen LogP contribution in [0.5, 0.6) is 0 Å². The van der Waals surface area contributed by atoms with Gasteiger partial charge in [-0.1, -0.05) is 48.0 Å². The molecule has 3 rings (SSSR count). The first-order chi connectivity index (χ1) is 14.4. The molecule has 5 nitrogen and oxygen atoms in total. The molecule has 1 N–H and O–H groups in total. The fourth-order valence-electron chi connectivity index (χ4n) is 3.00. The van der Waals surface area contributed by atoms with Crippen molar-refractivity contribution in [2.24, 2.45) is 0 Å². The zero-order chi connectivity index (χ0) is 22.8. The van der Waals surface area contributed by atoms with E-state index in [1.807, 2.05) is 42.5 Å². The summed E-state index contributed by atoms with van der Waals surface area (Å²) >= 11 is 5.95. The zero-order valence-corrected chi connectivity index (χ0v) is 17.9. The molecule has 0 aliphatic rings. The van der Waals surface area contributed by atoms with E-state index in [0.29, 0.717) is 10.4 Å². The number of hydrogen-bond acceptors (Lipinski definition) is 3.